The molecule has 4 heteroatoms. The van der Waals surface area contributed by atoms with E-state index in [9.17, 15) is 5.11 Å². The second kappa shape index (κ2) is 11.8. The van der Waals surface area contributed by atoms with Crippen LogP contribution in [-0.4, -0.2) is 23.2 Å². The molecule has 0 radical (unpaired) electrons. The van der Waals surface area contributed by atoms with Gasteiger partial charge in [0.1, 0.15) is 22.9 Å². The molecule has 1 aromatic carbocycles. The standard InChI is InChI=1S/C26H37NO3/c1-6-9-17-26(28,18-10-7-2)25-16-15-23(30-25)20-27(21(4)8-3)19-22-13-11-12-14-24(22)29-5/h6-7,11-16,21,28H,1-2,8-10,17-20H2,3-5H3. The van der Waals surface area contributed by atoms with Crippen molar-refractivity contribution in [2.45, 2.75) is 70.7 Å². The Morgan fingerprint density at radius 3 is 2.37 bits per heavy atom. The topological polar surface area (TPSA) is 45.8 Å². The maximum atomic E-state index is 11.2. The van der Waals surface area contributed by atoms with Gasteiger partial charge in [-0.2, -0.15) is 0 Å². The van der Waals surface area contributed by atoms with Gasteiger partial charge >= 0.3 is 0 Å². The van der Waals surface area contributed by atoms with Gasteiger partial charge < -0.3 is 14.3 Å². The van der Waals surface area contributed by atoms with E-state index in [1.165, 1.54) is 0 Å². The Morgan fingerprint density at radius 2 is 1.77 bits per heavy atom. The van der Waals surface area contributed by atoms with E-state index < -0.39 is 5.60 Å². The molecule has 0 amide bonds. The summed E-state index contributed by atoms with van der Waals surface area (Å²) in [4.78, 5) is 2.38. The Bertz CT molecular complexity index is 783. The number of aliphatic hydroxyl groups is 1. The lowest BCUT2D eigenvalue weighted by Crippen LogP contribution is -2.31. The first-order chi connectivity index (χ1) is 14.5. The number of furan rings is 1. The van der Waals surface area contributed by atoms with Crippen molar-refractivity contribution < 1.29 is 14.3 Å². The van der Waals surface area contributed by atoms with Crippen molar-refractivity contribution in [2.24, 2.45) is 0 Å². The summed E-state index contributed by atoms with van der Waals surface area (Å²) in [5.41, 5.74) is 0.158. The lowest BCUT2D eigenvalue weighted by molar-refractivity contribution is -0.00239. The van der Waals surface area contributed by atoms with Crippen molar-refractivity contribution >= 4 is 0 Å². The maximum absolute atomic E-state index is 11.2. The molecule has 1 heterocycles. The van der Waals surface area contributed by atoms with Gasteiger partial charge in [0.2, 0.25) is 0 Å². The third-order valence-electron chi connectivity index (χ3n) is 5.78. The molecule has 0 spiro atoms. The van der Waals surface area contributed by atoms with E-state index in [-0.39, 0.29) is 0 Å². The Labute approximate surface area is 181 Å². The summed E-state index contributed by atoms with van der Waals surface area (Å²) >= 11 is 0. The second-order valence-corrected chi connectivity index (χ2v) is 7.93. The molecule has 164 valence electrons. The lowest BCUT2D eigenvalue weighted by Gasteiger charge is -2.28. The van der Waals surface area contributed by atoms with Crippen molar-refractivity contribution in [2.75, 3.05) is 7.11 Å². The largest absolute Gasteiger partial charge is 0.496 e. The van der Waals surface area contributed by atoms with Gasteiger partial charge in [-0.1, -0.05) is 37.3 Å². The molecule has 1 N–H and O–H groups in total. The molecular weight excluding hydrogens is 374 g/mol. The molecule has 0 bridgehead atoms. The normalized spacial score (nSPS) is 12.7. The Morgan fingerprint density at radius 1 is 1.10 bits per heavy atom. The molecule has 2 rings (SSSR count). The average Bonchev–Trinajstić information content (AvgIpc) is 3.25. The molecule has 0 saturated heterocycles. The highest BCUT2D eigenvalue weighted by Crippen LogP contribution is 2.34. The number of ether oxygens (including phenoxy) is 1. The molecule has 2 aromatic rings. The Balaban J connectivity index is 2.21. The fourth-order valence-corrected chi connectivity index (χ4v) is 3.64. The third kappa shape index (κ3) is 6.35. The number of hydrogen-bond donors (Lipinski definition) is 1. The zero-order chi connectivity index (χ0) is 22.0. The molecular formula is C26H37NO3. The number of benzene rings is 1. The third-order valence-corrected chi connectivity index (χ3v) is 5.78. The highest BCUT2D eigenvalue weighted by atomic mass is 16.5. The van der Waals surface area contributed by atoms with E-state index in [0.29, 0.717) is 31.2 Å². The first-order valence-corrected chi connectivity index (χ1v) is 10.9. The summed E-state index contributed by atoms with van der Waals surface area (Å²) in [6.45, 7) is 13.4. The lowest BCUT2D eigenvalue weighted by atomic mass is 9.89. The van der Waals surface area contributed by atoms with Crippen LogP contribution < -0.4 is 4.74 Å². The minimum atomic E-state index is -0.996. The van der Waals surface area contributed by atoms with Gasteiger partial charge in [0.25, 0.3) is 0 Å². The molecule has 1 atom stereocenters. The number of hydrogen-bond acceptors (Lipinski definition) is 4. The number of nitrogens with zero attached hydrogens (tertiary/aromatic N) is 1. The summed E-state index contributed by atoms with van der Waals surface area (Å²) < 4.78 is 11.7. The molecule has 30 heavy (non-hydrogen) atoms. The van der Waals surface area contributed by atoms with E-state index in [1.807, 2.05) is 42.5 Å². The van der Waals surface area contributed by atoms with Crippen LogP contribution in [0.2, 0.25) is 0 Å². The monoisotopic (exact) mass is 411 g/mol. The van der Waals surface area contributed by atoms with Crippen LogP contribution in [0.25, 0.3) is 0 Å². The summed E-state index contributed by atoms with van der Waals surface area (Å²) in [7, 11) is 1.71. The smallest absolute Gasteiger partial charge is 0.135 e. The van der Waals surface area contributed by atoms with Crippen molar-refractivity contribution in [3.63, 3.8) is 0 Å². The van der Waals surface area contributed by atoms with Crippen LogP contribution in [-0.2, 0) is 18.7 Å². The van der Waals surface area contributed by atoms with E-state index in [2.05, 4.69) is 38.0 Å². The fraction of sp³-hybridized carbons (Fsp3) is 0.462. The van der Waals surface area contributed by atoms with E-state index in [0.717, 1.165) is 42.9 Å². The molecule has 4 nitrogen and oxygen atoms in total. The highest BCUT2D eigenvalue weighted by Gasteiger charge is 2.31. The SMILES string of the molecule is C=CCCC(O)(CCC=C)c1ccc(CN(Cc2ccccc2OC)C(C)CC)o1. The van der Waals surface area contributed by atoms with Crippen molar-refractivity contribution in [1.82, 2.24) is 4.90 Å². The quantitative estimate of drug-likeness (QED) is 0.375. The van der Waals surface area contributed by atoms with Crippen molar-refractivity contribution in [3.8, 4) is 5.75 Å². The highest BCUT2D eigenvalue weighted by molar-refractivity contribution is 5.33. The Kier molecular flexibility index (Phi) is 9.41. The minimum absolute atomic E-state index is 0.379. The molecule has 0 fully saturated rings. The van der Waals surface area contributed by atoms with Gasteiger partial charge in [0.15, 0.2) is 0 Å². The van der Waals surface area contributed by atoms with Crippen LogP contribution in [0.4, 0.5) is 0 Å². The van der Waals surface area contributed by atoms with Crippen LogP contribution in [0.15, 0.2) is 66.1 Å². The summed E-state index contributed by atoms with van der Waals surface area (Å²) in [5, 5.41) is 11.2. The predicted molar refractivity (Wildman–Crippen MR) is 123 cm³/mol. The summed E-state index contributed by atoms with van der Waals surface area (Å²) in [5.74, 6) is 2.38. The molecule has 1 aromatic heterocycles. The first kappa shape index (κ1) is 24.0. The van der Waals surface area contributed by atoms with Crippen LogP contribution in [0, 0.1) is 0 Å². The maximum Gasteiger partial charge on any atom is 0.135 e. The predicted octanol–water partition coefficient (Wildman–Crippen LogP) is 6.21. The molecule has 0 aliphatic heterocycles. The van der Waals surface area contributed by atoms with E-state index in [1.54, 1.807) is 7.11 Å². The van der Waals surface area contributed by atoms with Crippen LogP contribution in [0.1, 0.15) is 63.0 Å². The minimum Gasteiger partial charge on any atom is -0.496 e. The number of allylic oxidation sites excluding steroid dienone is 2. The first-order valence-electron chi connectivity index (χ1n) is 10.9. The van der Waals surface area contributed by atoms with Crippen molar-refractivity contribution in [1.29, 1.82) is 0 Å². The molecule has 1 unspecified atom stereocenters. The summed E-state index contributed by atoms with van der Waals surface area (Å²) in [6, 6.07) is 12.4. The summed E-state index contributed by atoms with van der Waals surface area (Å²) in [6.07, 6.45) is 7.35. The van der Waals surface area contributed by atoms with Gasteiger partial charge in [-0.05, 0) is 57.2 Å². The van der Waals surface area contributed by atoms with Crippen LogP contribution in [0.3, 0.4) is 0 Å². The van der Waals surface area contributed by atoms with E-state index >= 15 is 0 Å². The number of methoxy groups -OCH3 is 1. The van der Waals surface area contributed by atoms with Crippen LogP contribution in [0.5, 0.6) is 5.75 Å². The Hall–Kier alpha value is -2.30. The zero-order valence-electron chi connectivity index (χ0n) is 18.8. The fourth-order valence-electron chi connectivity index (χ4n) is 3.64. The number of para-hydroxylation sites is 1. The van der Waals surface area contributed by atoms with E-state index in [4.69, 9.17) is 9.15 Å². The van der Waals surface area contributed by atoms with Crippen LogP contribution >= 0.6 is 0 Å². The average molecular weight is 412 g/mol. The van der Waals surface area contributed by atoms with Gasteiger partial charge in [-0.25, -0.2) is 0 Å². The molecule has 0 aliphatic rings. The second-order valence-electron chi connectivity index (χ2n) is 7.93. The van der Waals surface area contributed by atoms with Gasteiger partial charge in [-0.3, -0.25) is 4.90 Å². The van der Waals surface area contributed by atoms with Crippen molar-refractivity contribution in [3.05, 3.63) is 78.8 Å². The zero-order valence-corrected chi connectivity index (χ0v) is 18.8. The van der Waals surface area contributed by atoms with Gasteiger partial charge in [0.05, 0.1) is 13.7 Å². The van der Waals surface area contributed by atoms with Gasteiger partial charge in [-0.15, -0.1) is 13.2 Å². The molecule has 0 aliphatic carbocycles. The molecule has 0 saturated carbocycles. The van der Waals surface area contributed by atoms with Gasteiger partial charge in [0, 0.05) is 18.2 Å². The number of rotatable bonds is 14.